The molecule has 2 N–H and O–H groups in total. The van der Waals surface area contributed by atoms with Crippen LogP contribution in [0.4, 0.5) is 5.82 Å². The van der Waals surface area contributed by atoms with Gasteiger partial charge in [-0.1, -0.05) is 17.7 Å². The molecule has 0 fully saturated rings. The molecule has 3 aromatic rings. The van der Waals surface area contributed by atoms with Crippen LogP contribution in [0.1, 0.15) is 29.9 Å². The lowest BCUT2D eigenvalue weighted by atomic mass is 10.2. The third-order valence-corrected chi connectivity index (χ3v) is 4.66. The summed E-state index contributed by atoms with van der Waals surface area (Å²) in [4.78, 5) is 20.0. The molecule has 0 saturated heterocycles. The minimum absolute atomic E-state index is 0.0839. The summed E-state index contributed by atoms with van der Waals surface area (Å²) in [6.45, 7) is 2.40. The van der Waals surface area contributed by atoms with Crippen molar-refractivity contribution in [1.29, 1.82) is 0 Å². The lowest BCUT2D eigenvalue weighted by molar-refractivity contribution is -0.137. The van der Waals surface area contributed by atoms with Gasteiger partial charge in [-0.2, -0.15) is 5.10 Å². The number of carbonyl (C=O) groups is 1. The predicted octanol–water partition coefficient (Wildman–Crippen LogP) is 3.35. The fourth-order valence-electron chi connectivity index (χ4n) is 3.02. The Hall–Kier alpha value is -2.87. The standard InChI is InChI=1S/C19H22ClN5O3/c1-11-17-18(25(2)24-11)19(23-15(22-17)5-4-6-16(26)27)21-10-12-7-8-14(28-3)13(20)9-12/h7-9H,4-6,10H2,1-3H3,(H,26,27)(H,21,22,23). The van der Waals surface area contributed by atoms with Gasteiger partial charge >= 0.3 is 5.97 Å². The first kappa shape index (κ1) is 19.9. The lowest BCUT2D eigenvalue weighted by Crippen LogP contribution is -2.08. The highest BCUT2D eigenvalue weighted by molar-refractivity contribution is 6.32. The maximum absolute atomic E-state index is 10.8. The number of aromatic nitrogens is 4. The molecule has 0 atom stereocenters. The Morgan fingerprint density at radius 1 is 1.36 bits per heavy atom. The van der Waals surface area contributed by atoms with Gasteiger partial charge in [0.1, 0.15) is 22.6 Å². The van der Waals surface area contributed by atoms with Crippen molar-refractivity contribution in [3.05, 3.63) is 40.3 Å². The summed E-state index contributed by atoms with van der Waals surface area (Å²) in [6.07, 6.45) is 1.05. The molecule has 8 nitrogen and oxygen atoms in total. The van der Waals surface area contributed by atoms with Crippen molar-refractivity contribution >= 4 is 34.4 Å². The van der Waals surface area contributed by atoms with Crippen molar-refractivity contribution in [1.82, 2.24) is 19.7 Å². The molecule has 0 spiro atoms. The number of aliphatic carboxylic acids is 1. The molecule has 0 radical (unpaired) electrons. The van der Waals surface area contributed by atoms with Gasteiger partial charge in [-0.05, 0) is 31.0 Å². The van der Waals surface area contributed by atoms with E-state index >= 15 is 0 Å². The third kappa shape index (κ3) is 4.33. The Labute approximate surface area is 167 Å². The summed E-state index contributed by atoms with van der Waals surface area (Å²) < 4.78 is 6.93. The van der Waals surface area contributed by atoms with Crippen LogP contribution >= 0.6 is 11.6 Å². The maximum Gasteiger partial charge on any atom is 0.303 e. The monoisotopic (exact) mass is 403 g/mol. The molecule has 148 valence electrons. The van der Waals surface area contributed by atoms with E-state index in [0.717, 1.165) is 22.3 Å². The topological polar surface area (TPSA) is 102 Å². The Kier molecular flexibility index (Phi) is 5.99. The highest BCUT2D eigenvalue weighted by Gasteiger charge is 2.15. The number of nitrogens with zero attached hydrogens (tertiary/aromatic N) is 4. The number of methoxy groups -OCH3 is 1. The summed E-state index contributed by atoms with van der Waals surface area (Å²) in [5.41, 5.74) is 3.34. The van der Waals surface area contributed by atoms with Crippen LogP contribution in [0.15, 0.2) is 18.2 Å². The molecule has 2 heterocycles. The first-order valence-corrected chi connectivity index (χ1v) is 9.25. The fraction of sp³-hybridized carbons (Fsp3) is 0.368. The molecule has 28 heavy (non-hydrogen) atoms. The molecule has 0 bridgehead atoms. The second-order valence-corrected chi connectivity index (χ2v) is 6.87. The van der Waals surface area contributed by atoms with Crippen LogP contribution in [0.25, 0.3) is 11.0 Å². The number of hydrogen-bond donors (Lipinski definition) is 2. The Morgan fingerprint density at radius 3 is 2.82 bits per heavy atom. The molecule has 0 amide bonds. The SMILES string of the molecule is COc1ccc(CNc2nc(CCCC(=O)O)nc3c(C)nn(C)c23)cc1Cl. The molecule has 0 saturated carbocycles. The van der Waals surface area contributed by atoms with E-state index in [4.69, 9.17) is 21.4 Å². The number of nitrogens with one attached hydrogen (secondary N) is 1. The van der Waals surface area contributed by atoms with Gasteiger partial charge in [-0.3, -0.25) is 9.48 Å². The van der Waals surface area contributed by atoms with Gasteiger partial charge in [0.25, 0.3) is 0 Å². The molecular formula is C19H22ClN5O3. The number of halogens is 1. The molecule has 0 unspecified atom stereocenters. The smallest absolute Gasteiger partial charge is 0.303 e. The minimum Gasteiger partial charge on any atom is -0.495 e. The van der Waals surface area contributed by atoms with E-state index in [-0.39, 0.29) is 6.42 Å². The largest absolute Gasteiger partial charge is 0.495 e. The number of carboxylic acid groups (broad SMARTS) is 1. The Morgan fingerprint density at radius 2 is 2.14 bits per heavy atom. The maximum atomic E-state index is 10.8. The van der Waals surface area contributed by atoms with Gasteiger partial charge < -0.3 is 15.2 Å². The molecule has 9 heteroatoms. The average molecular weight is 404 g/mol. The van der Waals surface area contributed by atoms with Crippen molar-refractivity contribution in [3.8, 4) is 5.75 Å². The first-order chi connectivity index (χ1) is 13.4. The van der Waals surface area contributed by atoms with Crippen LogP contribution < -0.4 is 10.1 Å². The quantitative estimate of drug-likeness (QED) is 0.594. The zero-order chi connectivity index (χ0) is 20.3. The molecule has 1 aromatic carbocycles. The van der Waals surface area contributed by atoms with E-state index in [0.29, 0.717) is 41.8 Å². The average Bonchev–Trinajstić information content (AvgIpc) is 2.93. The van der Waals surface area contributed by atoms with E-state index < -0.39 is 5.97 Å². The summed E-state index contributed by atoms with van der Waals surface area (Å²) in [6, 6.07) is 5.59. The second kappa shape index (κ2) is 8.43. The van der Waals surface area contributed by atoms with Crippen molar-refractivity contribution < 1.29 is 14.6 Å². The van der Waals surface area contributed by atoms with Gasteiger partial charge in [-0.25, -0.2) is 9.97 Å². The van der Waals surface area contributed by atoms with Crippen molar-refractivity contribution in [2.75, 3.05) is 12.4 Å². The summed E-state index contributed by atoms with van der Waals surface area (Å²) in [7, 11) is 3.42. The number of hydrogen-bond acceptors (Lipinski definition) is 6. The van der Waals surface area contributed by atoms with Crippen LogP contribution in [0.3, 0.4) is 0 Å². The molecule has 2 aromatic heterocycles. The number of benzene rings is 1. The Balaban J connectivity index is 1.87. The number of ether oxygens (including phenoxy) is 1. The fourth-order valence-corrected chi connectivity index (χ4v) is 3.30. The number of anilines is 1. The van der Waals surface area contributed by atoms with Crippen LogP contribution in [0, 0.1) is 6.92 Å². The van der Waals surface area contributed by atoms with E-state index in [2.05, 4.69) is 20.4 Å². The van der Waals surface area contributed by atoms with Gasteiger partial charge in [0.05, 0.1) is 17.8 Å². The Bertz CT molecular complexity index is 1020. The first-order valence-electron chi connectivity index (χ1n) is 8.87. The molecule has 3 rings (SSSR count). The summed E-state index contributed by atoms with van der Waals surface area (Å²) in [5, 5.41) is 17.2. The van der Waals surface area contributed by atoms with Crippen LogP contribution in [0.5, 0.6) is 5.75 Å². The number of aryl methyl sites for hydroxylation is 3. The highest BCUT2D eigenvalue weighted by atomic mass is 35.5. The molecule has 0 aliphatic carbocycles. The summed E-state index contributed by atoms with van der Waals surface area (Å²) >= 11 is 6.20. The minimum atomic E-state index is -0.826. The van der Waals surface area contributed by atoms with Crippen molar-refractivity contribution in [2.45, 2.75) is 32.7 Å². The molecule has 0 aliphatic rings. The second-order valence-electron chi connectivity index (χ2n) is 6.46. The number of carboxylic acids is 1. The molecular weight excluding hydrogens is 382 g/mol. The van der Waals surface area contributed by atoms with Crippen LogP contribution in [-0.2, 0) is 24.8 Å². The zero-order valence-electron chi connectivity index (χ0n) is 16.0. The number of rotatable bonds is 8. The van der Waals surface area contributed by atoms with Gasteiger partial charge in [0.2, 0.25) is 0 Å². The van der Waals surface area contributed by atoms with Crippen LogP contribution in [-0.4, -0.2) is 37.9 Å². The summed E-state index contributed by atoms with van der Waals surface area (Å²) in [5.74, 6) is 1.05. The highest BCUT2D eigenvalue weighted by Crippen LogP contribution is 2.27. The van der Waals surface area contributed by atoms with Crippen molar-refractivity contribution in [2.24, 2.45) is 7.05 Å². The molecule has 0 aliphatic heterocycles. The number of fused-ring (bicyclic) bond motifs is 1. The van der Waals surface area contributed by atoms with Crippen molar-refractivity contribution in [3.63, 3.8) is 0 Å². The lowest BCUT2D eigenvalue weighted by Gasteiger charge is -2.11. The third-order valence-electron chi connectivity index (χ3n) is 4.36. The normalized spacial score (nSPS) is 11.0. The van der Waals surface area contributed by atoms with Gasteiger partial charge in [0.15, 0.2) is 5.82 Å². The van der Waals surface area contributed by atoms with E-state index in [1.54, 1.807) is 11.8 Å². The van der Waals surface area contributed by atoms with E-state index in [1.807, 2.05) is 32.2 Å². The van der Waals surface area contributed by atoms with Crippen LogP contribution in [0.2, 0.25) is 5.02 Å². The van der Waals surface area contributed by atoms with Gasteiger partial charge in [0, 0.05) is 26.4 Å². The van der Waals surface area contributed by atoms with E-state index in [1.165, 1.54) is 0 Å². The predicted molar refractivity (Wildman–Crippen MR) is 107 cm³/mol. The zero-order valence-corrected chi connectivity index (χ0v) is 16.7. The van der Waals surface area contributed by atoms with E-state index in [9.17, 15) is 4.79 Å². The van der Waals surface area contributed by atoms with Gasteiger partial charge in [-0.15, -0.1) is 0 Å².